The number of nitrogens with one attached hydrogen (secondary N) is 1. The fourth-order valence-electron chi connectivity index (χ4n) is 3.07. The van der Waals surface area contributed by atoms with Crippen LogP contribution in [0.4, 0.5) is 11.4 Å². The molecule has 0 fully saturated rings. The lowest BCUT2D eigenvalue weighted by Gasteiger charge is -2.11. The van der Waals surface area contributed by atoms with E-state index in [1.54, 1.807) is 18.7 Å². The summed E-state index contributed by atoms with van der Waals surface area (Å²) in [4.78, 5) is 18.0. The van der Waals surface area contributed by atoms with Crippen molar-refractivity contribution in [2.45, 2.75) is 6.92 Å². The molecule has 0 radical (unpaired) electrons. The van der Waals surface area contributed by atoms with Crippen molar-refractivity contribution in [3.63, 3.8) is 0 Å². The van der Waals surface area contributed by atoms with Gasteiger partial charge in [-0.05, 0) is 36.8 Å². The molecule has 4 heterocycles. The monoisotopic (exact) mass is 326 g/mol. The first-order valence-electron chi connectivity index (χ1n) is 7.99. The summed E-state index contributed by atoms with van der Waals surface area (Å²) in [5.41, 5.74) is 6.36. The minimum atomic E-state index is 0.775. The lowest BCUT2D eigenvalue weighted by molar-refractivity contribution is 1.10. The van der Waals surface area contributed by atoms with Crippen LogP contribution in [0.3, 0.4) is 0 Å². The topological polar surface area (TPSA) is 68.0 Å². The molecule has 1 N–H and O–H groups in total. The zero-order valence-electron chi connectivity index (χ0n) is 13.5. The number of imidazole rings is 1. The summed E-state index contributed by atoms with van der Waals surface area (Å²) in [5, 5.41) is 4.45. The Morgan fingerprint density at radius 1 is 1.00 bits per heavy atom. The molecule has 0 atom stereocenters. The van der Waals surface area contributed by atoms with Crippen LogP contribution >= 0.6 is 0 Å². The Hall–Kier alpha value is -3.54. The van der Waals surface area contributed by atoms with E-state index in [9.17, 15) is 0 Å². The highest BCUT2D eigenvalue weighted by Crippen LogP contribution is 2.32. The maximum Gasteiger partial charge on any atom is 0.168 e. The molecular weight excluding hydrogens is 312 g/mol. The van der Waals surface area contributed by atoms with Crippen LogP contribution in [0.5, 0.6) is 0 Å². The second-order valence-electron chi connectivity index (χ2n) is 5.97. The quantitative estimate of drug-likeness (QED) is 0.533. The third-order valence-electron chi connectivity index (χ3n) is 4.22. The molecule has 0 saturated carbocycles. The Morgan fingerprint density at radius 2 is 1.92 bits per heavy atom. The van der Waals surface area contributed by atoms with Gasteiger partial charge in [-0.3, -0.25) is 9.38 Å². The molecule has 0 aliphatic heterocycles. The third kappa shape index (κ3) is 2.19. The van der Waals surface area contributed by atoms with E-state index >= 15 is 0 Å². The van der Waals surface area contributed by atoms with Gasteiger partial charge in [-0.15, -0.1) is 0 Å². The first-order chi connectivity index (χ1) is 12.3. The Balaban J connectivity index is 1.86. The molecule has 0 bridgehead atoms. The first-order valence-corrected chi connectivity index (χ1v) is 7.99. The highest BCUT2D eigenvalue weighted by atomic mass is 15.1. The van der Waals surface area contributed by atoms with Gasteiger partial charge in [0.1, 0.15) is 17.5 Å². The average molecular weight is 326 g/mol. The summed E-state index contributed by atoms with van der Waals surface area (Å²) in [5.74, 6) is 0. The van der Waals surface area contributed by atoms with E-state index in [0.29, 0.717) is 0 Å². The van der Waals surface area contributed by atoms with Crippen molar-refractivity contribution in [1.29, 1.82) is 0 Å². The Morgan fingerprint density at radius 3 is 2.84 bits per heavy atom. The Kier molecular flexibility index (Phi) is 2.90. The summed E-state index contributed by atoms with van der Waals surface area (Å²) in [6, 6.07) is 12.0. The molecule has 0 aliphatic rings. The van der Waals surface area contributed by atoms with Crippen LogP contribution in [0.15, 0.2) is 61.3 Å². The van der Waals surface area contributed by atoms with Gasteiger partial charge < -0.3 is 5.32 Å². The molecule has 6 nitrogen and oxygen atoms in total. The minimum Gasteiger partial charge on any atom is -0.353 e. The van der Waals surface area contributed by atoms with Crippen LogP contribution in [0.25, 0.3) is 27.7 Å². The number of nitrogens with zero attached hydrogens (tertiary/aromatic N) is 5. The average Bonchev–Trinajstić information content (AvgIpc) is 3.00. The lowest BCUT2D eigenvalue weighted by Crippen LogP contribution is -1.96. The number of pyridine rings is 2. The van der Waals surface area contributed by atoms with Gasteiger partial charge in [-0.2, -0.15) is 0 Å². The van der Waals surface area contributed by atoms with Gasteiger partial charge in [-0.1, -0.05) is 12.1 Å². The van der Waals surface area contributed by atoms with Crippen molar-refractivity contribution < 1.29 is 0 Å². The zero-order valence-corrected chi connectivity index (χ0v) is 13.5. The van der Waals surface area contributed by atoms with Gasteiger partial charge in [0.15, 0.2) is 5.65 Å². The fraction of sp³-hybridized carbons (Fsp3) is 0.0526. The largest absolute Gasteiger partial charge is 0.353 e. The van der Waals surface area contributed by atoms with E-state index < -0.39 is 0 Å². The van der Waals surface area contributed by atoms with Crippen LogP contribution in [-0.4, -0.2) is 24.3 Å². The van der Waals surface area contributed by atoms with Crippen LogP contribution in [-0.2, 0) is 0 Å². The number of fused-ring (bicyclic) bond motifs is 4. The van der Waals surface area contributed by atoms with E-state index in [4.69, 9.17) is 9.97 Å². The smallest absolute Gasteiger partial charge is 0.168 e. The van der Waals surface area contributed by atoms with Crippen molar-refractivity contribution in [1.82, 2.24) is 24.3 Å². The van der Waals surface area contributed by atoms with Gasteiger partial charge >= 0.3 is 0 Å². The third-order valence-corrected chi connectivity index (χ3v) is 4.22. The van der Waals surface area contributed by atoms with Crippen molar-refractivity contribution in [2.75, 3.05) is 5.32 Å². The molecule has 0 spiro atoms. The summed E-state index contributed by atoms with van der Waals surface area (Å²) < 4.78 is 1.90. The maximum atomic E-state index is 4.77. The Bertz CT molecular complexity index is 1240. The molecule has 5 rings (SSSR count). The van der Waals surface area contributed by atoms with Crippen molar-refractivity contribution in [2.24, 2.45) is 0 Å². The maximum absolute atomic E-state index is 4.77. The van der Waals surface area contributed by atoms with Gasteiger partial charge in [0.2, 0.25) is 0 Å². The molecule has 0 amide bonds. The summed E-state index contributed by atoms with van der Waals surface area (Å²) >= 11 is 0. The van der Waals surface area contributed by atoms with E-state index in [1.807, 2.05) is 34.9 Å². The van der Waals surface area contributed by atoms with Crippen molar-refractivity contribution in [3.8, 4) is 0 Å². The molecule has 0 unspecified atom stereocenters. The molecular formula is C19H14N6. The molecule has 0 aliphatic carbocycles. The summed E-state index contributed by atoms with van der Waals surface area (Å²) in [6.45, 7) is 2.07. The number of hydrogen-bond acceptors (Lipinski definition) is 5. The van der Waals surface area contributed by atoms with E-state index in [1.165, 1.54) is 5.56 Å². The normalized spacial score (nSPS) is 11.4. The number of hydrogen-bond donors (Lipinski definition) is 1. The highest BCUT2D eigenvalue weighted by molar-refractivity contribution is 6.06. The number of benzene rings is 1. The Labute approximate surface area is 143 Å². The lowest BCUT2D eigenvalue weighted by atomic mass is 10.2. The van der Waals surface area contributed by atoms with Gasteiger partial charge in [-0.25, -0.2) is 15.0 Å². The zero-order chi connectivity index (χ0) is 16.8. The summed E-state index contributed by atoms with van der Waals surface area (Å²) in [6.07, 6.45) is 7.04. The van der Waals surface area contributed by atoms with Gasteiger partial charge in [0.25, 0.3) is 0 Å². The molecule has 6 heteroatoms. The molecule has 0 saturated heterocycles. The summed E-state index contributed by atoms with van der Waals surface area (Å²) in [7, 11) is 0. The first kappa shape index (κ1) is 13.9. The molecule has 120 valence electrons. The van der Waals surface area contributed by atoms with Crippen LogP contribution < -0.4 is 5.32 Å². The molecule has 5 aromatic rings. The standard InChI is InChI=1S/C19H14N6/c1-12-3-2-4-13(9-12)22-17-14-10-20-7-5-15(14)23-19-18(17)24-16-6-8-21-11-25(16)19/h2-11H,1H3,(H,22,23). The second kappa shape index (κ2) is 5.24. The van der Waals surface area contributed by atoms with Crippen molar-refractivity contribution in [3.05, 3.63) is 66.9 Å². The highest BCUT2D eigenvalue weighted by Gasteiger charge is 2.15. The van der Waals surface area contributed by atoms with Crippen LogP contribution in [0.2, 0.25) is 0 Å². The van der Waals surface area contributed by atoms with E-state index in [2.05, 4.69) is 34.3 Å². The number of aryl methyl sites for hydroxylation is 1. The van der Waals surface area contributed by atoms with Crippen molar-refractivity contribution >= 4 is 39.1 Å². The molecule has 4 aromatic heterocycles. The number of aromatic nitrogens is 5. The SMILES string of the molecule is Cc1cccc(Nc2c3cnccc3nc3c2nc2ccncn23)c1. The minimum absolute atomic E-state index is 0.775. The second-order valence-corrected chi connectivity index (χ2v) is 5.97. The van der Waals surface area contributed by atoms with Gasteiger partial charge in [0.05, 0.1) is 11.2 Å². The van der Waals surface area contributed by atoms with E-state index in [-0.39, 0.29) is 0 Å². The molecule has 25 heavy (non-hydrogen) atoms. The van der Waals surface area contributed by atoms with Crippen LogP contribution in [0.1, 0.15) is 5.56 Å². The predicted molar refractivity (Wildman–Crippen MR) is 98.1 cm³/mol. The van der Waals surface area contributed by atoms with Gasteiger partial charge in [0, 0.05) is 29.7 Å². The predicted octanol–water partition coefficient (Wildman–Crippen LogP) is 3.88. The van der Waals surface area contributed by atoms with E-state index in [0.717, 1.165) is 39.1 Å². The molecule has 1 aromatic carbocycles. The van der Waals surface area contributed by atoms with Crippen LogP contribution in [0, 0.1) is 6.92 Å². The fourth-order valence-corrected chi connectivity index (χ4v) is 3.07. The number of anilines is 2. The number of rotatable bonds is 2.